The van der Waals surface area contributed by atoms with Gasteiger partial charge in [-0.3, -0.25) is 4.79 Å². The molecule has 3 nitrogen and oxygen atoms in total. The van der Waals surface area contributed by atoms with Crippen LogP contribution in [0.4, 0.5) is 0 Å². The Labute approximate surface area is 143 Å². The Bertz CT molecular complexity index is 774. The molecule has 0 aromatic heterocycles. The monoisotopic (exact) mass is 324 g/mol. The maximum Gasteiger partial charge on any atom is 0.308 e. The Kier molecular flexibility index (Phi) is 3.90. The van der Waals surface area contributed by atoms with Gasteiger partial charge in [0.25, 0.3) is 0 Å². The minimum absolute atomic E-state index is 0.0951. The van der Waals surface area contributed by atoms with Gasteiger partial charge in [-0.1, -0.05) is 39.0 Å². The Balaban J connectivity index is 2.06. The van der Waals surface area contributed by atoms with Gasteiger partial charge in [0, 0.05) is 12.3 Å². The molecule has 1 atom stereocenters. The summed E-state index contributed by atoms with van der Waals surface area (Å²) in [5, 5.41) is 0. The van der Waals surface area contributed by atoms with Crippen molar-refractivity contribution < 1.29 is 14.3 Å². The summed E-state index contributed by atoms with van der Waals surface area (Å²) in [6.07, 6.45) is 1.02. The molecule has 0 fully saturated rings. The van der Waals surface area contributed by atoms with Crippen molar-refractivity contribution in [3.05, 3.63) is 59.2 Å². The highest BCUT2D eigenvalue weighted by Gasteiger charge is 2.45. The van der Waals surface area contributed by atoms with Crippen molar-refractivity contribution in [3.8, 4) is 11.5 Å². The molecule has 0 aliphatic heterocycles. The molecule has 24 heavy (non-hydrogen) atoms. The molecule has 0 saturated carbocycles. The maximum absolute atomic E-state index is 11.1. The summed E-state index contributed by atoms with van der Waals surface area (Å²) in [5.74, 6) is 1.17. The van der Waals surface area contributed by atoms with Crippen LogP contribution in [-0.2, 0) is 15.6 Å². The van der Waals surface area contributed by atoms with Crippen LogP contribution < -0.4 is 9.47 Å². The number of fused-ring (bicyclic) bond motifs is 1. The van der Waals surface area contributed by atoms with Crippen LogP contribution in [0.25, 0.3) is 0 Å². The van der Waals surface area contributed by atoms with Crippen molar-refractivity contribution in [3.63, 3.8) is 0 Å². The lowest BCUT2D eigenvalue weighted by Crippen LogP contribution is -2.23. The number of hydrogen-bond acceptors (Lipinski definition) is 3. The quantitative estimate of drug-likeness (QED) is 0.611. The normalized spacial score (nSPS) is 21.2. The van der Waals surface area contributed by atoms with Crippen molar-refractivity contribution >= 4 is 5.97 Å². The predicted molar refractivity (Wildman–Crippen MR) is 94.8 cm³/mol. The first kappa shape index (κ1) is 16.6. The van der Waals surface area contributed by atoms with E-state index in [-0.39, 0.29) is 16.8 Å². The van der Waals surface area contributed by atoms with Crippen molar-refractivity contribution in [2.75, 3.05) is 7.11 Å². The second kappa shape index (κ2) is 5.66. The summed E-state index contributed by atoms with van der Waals surface area (Å²) >= 11 is 0. The third kappa shape index (κ3) is 2.68. The van der Waals surface area contributed by atoms with Crippen molar-refractivity contribution in [2.45, 2.75) is 44.9 Å². The molecule has 0 N–H and O–H groups in total. The Morgan fingerprint density at radius 2 is 1.58 bits per heavy atom. The summed E-state index contributed by atoms with van der Waals surface area (Å²) in [4.78, 5) is 11.1. The molecule has 0 saturated heterocycles. The molecule has 0 bridgehead atoms. The van der Waals surface area contributed by atoms with E-state index in [1.54, 1.807) is 7.11 Å². The van der Waals surface area contributed by atoms with E-state index >= 15 is 0 Å². The number of ether oxygens (including phenoxy) is 2. The van der Waals surface area contributed by atoms with E-state index in [0.717, 1.165) is 12.2 Å². The van der Waals surface area contributed by atoms with Gasteiger partial charge in [0.2, 0.25) is 0 Å². The molecular formula is C21H24O3. The molecule has 1 aliphatic rings. The van der Waals surface area contributed by atoms with Crippen LogP contribution in [0.15, 0.2) is 42.5 Å². The van der Waals surface area contributed by atoms with Gasteiger partial charge in [-0.2, -0.15) is 0 Å². The number of esters is 1. The first-order chi connectivity index (χ1) is 11.3. The third-order valence-electron chi connectivity index (χ3n) is 5.10. The molecule has 1 aliphatic carbocycles. The first-order valence-corrected chi connectivity index (χ1v) is 8.24. The summed E-state index contributed by atoms with van der Waals surface area (Å²) in [7, 11) is 1.70. The van der Waals surface area contributed by atoms with Crippen molar-refractivity contribution in [2.24, 2.45) is 0 Å². The van der Waals surface area contributed by atoms with E-state index in [2.05, 4.69) is 45.0 Å². The van der Waals surface area contributed by atoms with Gasteiger partial charge in [-0.05, 0) is 52.8 Å². The summed E-state index contributed by atoms with van der Waals surface area (Å²) < 4.78 is 10.6. The van der Waals surface area contributed by atoms with E-state index in [0.29, 0.717) is 5.75 Å². The van der Waals surface area contributed by atoms with E-state index in [4.69, 9.17) is 9.47 Å². The fourth-order valence-corrected chi connectivity index (χ4v) is 4.09. The van der Waals surface area contributed by atoms with Crippen LogP contribution >= 0.6 is 0 Å². The van der Waals surface area contributed by atoms with Crippen LogP contribution in [0, 0.1) is 0 Å². The van der Waals surface area contributed by atoms with Crippen molar-refractivity contribution in [1.29, 1.82) is 0 Å². The maximum atomic E-state index is 11.1. The Hall–Kier alpha value is -2.29. The first-order valence-electron chi connectivity index (χ1n) is 8.24. The molecule has 0 amide bonds. The molecule has 2 aromatic rings. The highest BCUT2D eigenvalue weighted by atomic mass is 16.5. The highest BCUT2D eigenvalue weighted by Crippen LogP contribution is 2.53. The van der Waals surface area contributed by atoms with Gasteiger partial charge in [-0.25, -0.2) is 0 Å². The van der Waals surface area contributed by atoms with Crippen LogP contribution in [0.1, 0.15) is 50.8 Å². The molecule has 2 aromatic carbocycles. The summed E-state index contributed by atoms with van der Waals surface area (Å²) in [6, 6.07) is 14.2. The minimum Gasteiger partial charge on any atom is -0.497 e. The minimum atomic E-state index is -0.300. The molecule has 126 valence electrons. The van der Waals surface area contributed by atoms with Gasteiger partial charge < -0.3 is 9.47 Å². The smallest absolute Gasteiger partial charge is 0.308 e. The number of rotatable bonds is 3. The Morgan fingerprint density at radius 3 is 2.17 bits per heavy atom. The molecule has 1 unspecified atom stereocenters. The number of carbonyl (C=O) groups excluding carboxylic acids is 1. The van der Waals surface area contributed by atoms with Crippen LogP contribution in [0.2, 0.25) is 0 Å². The van der Waals surface area contributed by atoms with Gasteiger partial charge in [0.1, 0.15) is 11.5 Å². The van der Waals surface area contributed by atoms with Gasteiger partial charge in [0.15, 0.2) is 0 Å². The number of carbonyl (C=O) groups is 1. The number of hydrogen-bond donors (Lipinski definition) is 0. The second-order valence-corrected chi connectivity index (χ2v) is 7.42. The van der Waals surface area contributed by atoms with E-state index in [1.807, 2.05) is 18.2 Å². The largest absolute Gasteiger partial charge is 0.497 e. The standard InChI is InChI=1S/C21H24O3/c1-14(22)24-16-8-6-15(7-9-16)21(4)13-20(2,3)18-11-10-17(23-5)12-19(18)21/h6-12H,13H2,1-5H3. The molecule has 0 radical (unpaired) electrons. The van der Waals surface area contributed by atoms with Crippen LogP contribution in [0.3, 0.4) is 0 Å². The third-order valence-corrected chi connectivity index (χ3v) is 5.10. The second-order valence-electron chi connectivity index (χ2n) is 7.42. The zero-order valence-corrected chi connectivity index (χ0v) is 15.0. The zero-order chi connectivity index (χ0) is 17.5. The highest BCUT2D eigenvalue weighted by molar-refractivity contribution is 5.69. The van der Waals surface area contributed by atoms with Crippen molar-refractivity contribution in [1.82, 2.24) is 0 Å². The lowest BCUT2D eigenvalue weighted by Gasteiger charge is -2.28. The molecule has 0 spiro atoms. The average molecular weight is 324 g/mol. The fraction of sp³-hybridized carbons (Fsp3) is 0.381. The van der Waals surface area contributed by atoms with E-state index < -0.39 is 0 Å². The predicted octanol–water partition coefficient (Wildman–Crippen LogP) is 4.61. The summed E-state index contributed by atoms with van der Waals surface area (Å²) in [5.41, 5.74) is 3.91. The molecule has 3 heteroatoms. The SMILES string of the molecule is COc1ccc2c(c1)C(C)(c1ccc(OC(C)=O)cc1)CC2(C)C. The van der Waals surface area contributed by atoms with E-state index in [9.17, 15) is 4.79 Å². The molecule has 3 rings (SSSR count). The van der Waals surface area contributed by atoms with Gasteiger partial charge in [-0.15, -0.1) is 0 Å². The van der Waals surface area contributed by atoms with Gasteiger partial charge >= 0.3 is 5.97 Å². The van der Waals surface area contributed by atoms with Gasteiger partial charge in [0.05, 0.1) is 7.11 Å². The average Bonchev–Trinajstić information content (AvgIpc) is 2.74. The zero-order valence-electron chi connectivity index (χ0n) is 15.0. The topological polar surface area (TPSA) is 35.5 Å². The lowest BCUT2D eigenvalue weighted by molar-refractivity contribution is -0.131. The van der Waals surface area contributed by atoms with Crippen LogP contribution in [0.5, 0.6) is 11.5 Å². The Morgan fingerprint density at radius 1 is 0.958 bits per heavy atom. The van der Waals surface area contributed by atoms with E-state index in [1.165, 1.54) is 23.6 Å². The van der Waals surface area contributed by atoms with Crippen LogP contribution in [-0.4, -0.2) is 13.1 Å². The molecular weight excluding hydrogens is 300 g/mol. The fourth-order valence-electron chi connectivity index (χ4n) is 4.09. The lowest BCUT2D eigenvalue weighted by atomic mass is 9.75. The number of benzene rings is 2. The number of methoxy groups -OCH3 is 1. The molecule has 0 heterocycles. The summed E-state index contributed by atoms with van der Waals surface area (Å²) in [6.45, 7) is 8.27.